The average Bonchev–Trinajstić information content (AvgIpc) is 3.23. The van der Waals surface area contributed by atoms with Gasteiger partial charge in [-0.3, -0.25) is 9.59 Å². The summed E-state index contributed by atoms with van der Waals surface area (Å²) in [5.74, 6) is 1.22. The Bertz CT molecular complexity index is 1080. The number of nitrogens with zero attached hydrogens (tertiary/aromatic N) is 1. The van der Waals surface area contributed by atoms with Gasteiger partial charge in [0.05, 0.1) is 13.5 Å². The first-order chi connectivity index (χ1) is 15.0. The third-order valence-corrected chi connectivity index (χ3v) is 6.01. The van der Waals surface area contributed by atoms with Gasteiger partial charge in [-0.1, -0.05) is 24.3 Å². The highest BCUT2D eigenvalue weighted by atomic mass is 32.1. The van der Waals surface area contributed by atoms with Crippen LogP contribution in [0, 0.1) is 0 Å². The Labute approximate surface area is 185 Å². The van der Waals surface area contributed by atoms with Crippen molar-refractivity contribution in [2.24, 2.45) is 0 Å². The standard InChI is InChI=1S/C24H24N2O4S/c1-16-24(28)26(14-17-6-3-4-8-21(17)29-2)15-18-12-19(9-10-22(18)30-16)25-23(27)13-20-7-5-11-31-20/h3-12,16H,13-15H2,1-2H3,(H,25,27)/t16-/m0/s1. The maximum absolute atomic E-state index is 12.9. The summed E-state index contributed by atoms with van der Waals surface area (Å²) < 4.78 is 11.3. The lowest BCUT2D eigenvalue weighted by molar-refractivity contribution is -0.138. The van der Waals surface area contributed by atoms with Crippen LogP contribution in [0.4, 0.5) is 5.69 Å². The van der Waals surface area contributed by atoms with Crippen molar-refractivity contribution >= 4 is 28.8 Å². The summed E-state index contributed by atoms with van der Waals surface area (Å²) in [6.45, 7) is 2.54. The van der Waals surface area contributed by atoms with E-state index in [1.165, 1.54) is 0 Å². The van der Waals surface area contributed by atoms with Crippen LogP contribution in [0.1, 0.15) is 22.9 Å². The highest BCUT2D eigenvalue weighted by Gasteiger charge is 2.28. The second-order valence-corrected chi connectivity index (χ2v) is 8.43. The van der Waals surface area contributed by atoms with E-state index in [4.69, 9.17) is 9.47 Å². The fourth-order valence-corrected chi connectivity index (χ4v) is 4.33. The molecule has 7 heteroatoms. The molecule has 1 N–H and O–H groups in total. The molecule has 2 heterocycles. The van der Waals surface area contributed by atoms with Gasteiger partial charge >= 0.3 is 0 Å². The van der Waals surface area contributed by atoms with E-state index >= 15 is 0 Å². The van der Waals surface area contributed by atoms with Crippen molar-refractivity contribution in [1.29, 1.82) is 0 Å². The Balaban J connectivity index is 1.54. The molecule has 1 atom stereocenters. The molecule has 0 saturated carbocycles. The molecular formula is C24H24N2O4S. The molecule has 31 heavy (non-hydrogen) atoms. The number of rotatable bonds is 6. The highest BCUT2D eigenvalue weighted by molar-refractivity contribution is 7.10. The third kappa shape index (κ3) is 4.88. The van der Waals surface area contributed by atoms with E-state index in [1.807, 2.05) is 53.9 Å². The molecule has 2 amide bonds. The van der Waals surface area contributed by atoms with Crippen molar-refractivity contribution in [2.45, 2.75) is 32.5 Å². The zero-order chi connectivity index (χ0) is 21.8. The van der Waals surface area contributed by atoms with Crippen LogP contribution < -0.4 is 14.8 Å². The first-order valence-corrected chi connectivity index (χ1v) is 10.9. The quantitative estimate of drug-likeness (QED) is 0.627. The Morgan fingerprint density at radius 1 is 1.23 bits per heavy atom. The van der Waals surface area contributed by atoms with E-state index in [0.29, 0.717) is 30.9 Å². The number of carbonyl (C=O) groups is 2. The topological polar surface area (TPSA) is 67.9 Å². The summed E-state index contributed by atoms with van der Waals surface area (Å²) in [7, 11) is 1.62. The van der Waals surface area contributed by atoms with Gasteiger partial charge in [-0.25, -0.2) is 0 Å². The largest absolute Gasteiger partial charge is 0.496 e. The van der Waals surface area contributed by atoms with Crippen molar-refractivity contribution in [3.63, 3.8) is 0 Å². The molecule has 0 fully saturated rings. The van der Waals surface area contributed by atoms with Gasteiger partial charge in [0.25, 0.3) is 5.91 Å². The minimum atomic E-state index is -0.602. The number of para-hydroxylation sites is 1. The SMILES string of the molecule is COc1ccccc1CN1Cc2cc(NC(=O)Cc3cccs3)ccc2O[C@@H](C)C1=O. The molecule has 1 aliphatic rings. The number of fused-ring (bicyclic) bond motifs is 1. The van der Waals surface area contributed by atoms with E-state index in [9.17, 15) is 9.59 Å². The molecule has 2 aromatic carbocycles. The molecule has 160 valence electrons. The molecule has 0 spiro atoms. The number of amides is 2. The Hall–Kier alpha value is -3.32. The van der Waals surface area contributed by atoms with Crippen LogP contribution in [0.15, 0.2) is 60.0 Å². The average molecular weight is 437 g/mol. The molecule has 1 aromatic heterocycles. The number of thiophene rings is 1. The van der Waals surface area contributed by atoms with E-state index < -0.39 is 6.10 Å². The van der Waals surface area contributed by atoms with E-state index in [2.05, 4.69) is 5.32 Å². The molecule has 0 aliphatic carbocycles. The lowest BCUT2D eigenvalue weighted by Gasteiger charge is -2.23. The van der Waals surface area contributed by atoms with Crippen molar-refractivity contribution in [1.82, 2.24) is 4.90 Å². The summed E-state index contributed by atoms with van der Waals surface area (Å²) in [5.41, 5.74) is 2.46. The number of hydrogen-bond acceptors (Lipinski definition) is 5. The second-order valence-electron chi connectivity index (χ2n) is 7.39. The Morgan fingerprint density at radius 3 is 2.84 bits per heavy atom. The molecule has 3 aromatic rings. The van der Waals surface area contributed by atoms with Gasteiger partial charge in [-0.2, -0.15) is 0 Å². The predicted octanol–water partition coefficient (Wildman–Crippen LogP) is 4.25. The molecular weight excluding hydrogens is 412 g/mol. The number of methoxy groups -OCH3 is 1. The summed E-state index contributed by atoms with van der Waals surface area (Å²) in [5, 5.41) is 4.90. The maximum atomic E-state index is 12.9. The number of hydrogen-bond donors (Lipinski definition) is 1. The summed E-state index contributed by atoms with van der Waals surface area (Å²) in [4.78, 5) is 28.1. The van der Waals surface area contributed by atoms with Crippen molar-refractivity contribution in [3.8, 4) is 11.5 Å². The van der Waals surface area contributed by atoms with Crippen LogP contribution >= 0.6 is 11.3 Å². The smallest absolute Gasteiger partial charge is 0.263 e. The summed E-state index contributed by atoms with van der Waals surface area (Å²) in [6.07, 6.45) is -0.268. The van der Waals surface area contributed by atoms with Crippen molar-refractivity contribution in [2.75, 3.05) is 12.4 Å². The van der Waals surface area contributed by atoms with Crippen molar-refractivity contribution in [3.05, 3.63) is 76.0 Å². The van der Waals surface area contributed by atoms with Gasteiger partial charge in [-0.15, -0.1) is 11.3 Å². The molecule has 0 bridgehead atoms. The summed E-state index contributed by atoms with van der Waals surface area (Å²) in [6, 6.07) is 17.0. The van der Waals surface area contributed by atoms with E-state index in [-0.39, 0.29) is 11.8 Å². The number of ether oxygens (including phenoxy) is 2. The van der Waals surface area contributed by atoms with Gasteiger partial charge in [0, 0.05) is 34.8 Å². The first kappa shape index (κ1) is 20.9. The number of benzene rings is 2. The lowest BCUT2D eigenvalue weighted by Crippen LogP contribution is -2.37. The Kier molecular flexibility index (Phi) is 6.23. The van der Waals surface area contributed by atoms with Gasteiger partial charge in [0.1, 0.15) is 11.5 Å². The zero-order valence-electron chi connectivity index (χ0n) is 17.5. The third-order valence-electron chi connectivity index (χ3n) is 5.14. The van der Waals surface area contributed by atoms with Gasteiger partial charge < -0.3 is 19.7 Å². The fourth-order valence-electron chi connectivity index (χ4n) is 3.63. The van der Waals surface area contributed by atoms with Crippen LogP contribution in [0.25, 0.3) is 0 Å². The van der Waals surface area contributed by atoms with Crippen LogP contribution in [0.2, 0.25) is 0 Å². The highest BCUT2D eigenvalue weighted by Crippen LogP contribution is 2.30. The van der Waals surface area contributed by atoms with E-state index in [0.717, 1.165) is 21.8 Å². The monoisotopic (exact) mass is 436 g/mol. The number of nitrogens with one attached hydrogen (secondary N) is 1. The predicted molar refractivity (Wildman–Crippen MR) is 120 cm³/mol. The summed E-state index contributed by atoms with van der Waals surface area (Å²) >= 11 is 1.56. The molecule has 4 rings (SSSR count). The minimum Gasteiger partial charge on any atom is -0.496 e. The van der Waals surface area contributed by atoms with Crippen LogP contribution in [-0.4, -0.2) is 29.9 Å². The molecule has 6 nitrogen and oxygen atoms in total. The number of carbonyl (C=O) groups excluding carboxylic acids is 2. The normalized spacial score (nSPS) is 15.6. The van der Waals surface area contributed by atoms with Gasteiger partial charge in [0.2, 0.25) is 5.91 Å². The Morgan fingerprint density at radius 2 is 2.06 bits per heavy atom. The molecule has 0 unspecified atom stereocenters. The van der Waals surface area contributed by atoms with Crippen LogP contribution in [0.3, 0.4) is 0 Å². The van der Waals surface area contributed by atoms with E-state index in [1.54, 1.807) is 36.3 Å². The zero-order valence-corrected chi connectivity index (χ0v) is 18.3. The number of anilines is 1. The van der Waals surface area contributed by atoms with Gasteiger partial charge in [-0.05, 0) is 42.6 Å². The fraction of sp³-hybridized carbons (Fsp3) is 0.250. The second kappa shape index (κ2) is 9.22. The van der Waals surface area contributed by atoms with Crippen molar-refractivity contribution < 1.29 is 19.1 Å². The lowest BCUT2D eigenvalue weighted by atomic mass is 10.1. The molecule has 0 radical (unpaired) electrons. The van der Waals surface area contributed by atoms with Crippen LogP contribution in [0.5, 0.6) is 11.5 Å². The first-order valence-electron chi connectivity index (χ1n) is 10.1. The van der Waals surface area contributed by atoms with Crippen LogP contribution in [-0.2, 0) is 29.1 Å². The maximum Gasteiger partial charge on any atom is 0.263 e. The molecule has 0 saturated heterocycles. The molecule has 1 aliphatic heterocycles. The minimum absolute atomic E-state index is 0.0766. The van der Waals surface area contributed by atoms with Gasteiger partial charge in [0.15, 0.2) is 6.10 Å².